The average molecular weight is 285 g/mol. The zero-order chi connectivity index (χ0) is 13.5. The summed E-state index contributed by atoms with van der Waals surface area (Å²) in [5.41, 5.74) is 1.17. The van der Waals surface area contributed by atoms with Gasteiger partial charge in [0.1, 0.15) is 0 Å². The molecule has 0 saturated heterocycles. The second kappa shape index (κ2) is 7.24. The van der Waals surface area contributed by atoms with Crippen LogP contribution in [-0.2, 0) is 9.53 Å². The molecule has 0 aliphatic rings. The van der Waals surface area contributed by atoms with E-state index in [1.165, 1.54) is 25.8 Å². The van der Waals surface area contributed by atoms with Crippen molar-refractivity contribution in [3.8, 4) is 0 Å². The molecule has 0 bridgehead atoms. The Morgan fingerprint density at radius 2 is 2.17 bits per heavy atom. The highest BCUT2D eigenvalue weighted by Gasteiger charge is 2.10. The molecule has 0 unspecified atom stereocenters. The number of methoxy groups -OCH3 is 1. The third kappa shape index (κ3) is 4.55. The number of halogens is 1. The van der Waals surface area contributed by atoms with Crippen molar-refractivity contribution in [3.05, 3.63) is 40.4 Å². The molecule has 1 rings (SSSR count). The van der Waals surface area contributed by atoms with Crippen LogP contribution in [0, 0.1) is 0 Å². The number of hydrogen-bond donors (Lipinski definition) is 0. The van der Waals surface area contributed by atoms with E-state index in [1.807, 2.05) is 12.2 Å². The number of carbonyl (C=O) groups excluding carboxylic acids is 2. The van der Waals surface area contributed by atoms with Crippen molar-refractivity contribution in [1.29, 1.82) is 0 Å². The summed E-state index contributed by atoms with van der Waals surface area (Å²) < 4.78 is 4.63. The molecule has 0 spiro atoms. The lowest BCUT2D eigenvalue weighted by molar-refractivity contribution is -0.109. The van der Waals surface area contributed by atoms with E-state index in [1.54, 1.807) is 18.2 Å². The third-order valence-electron chi connectivity index (χ3n) is 2.09. The van der Waals surface area contributed by atoms with E-state index in [9.17, 15) is 9.59 Å². The zero-order valence-electron chi connectivity index (χ0n) is 10.1. The van der Waals surface area contributed by atoms with E-state index in [2.05, 4.69) is 4.74 Å². The summed E-state index contributed by atoms with van der Waals surface area (Å²) in [7, 11) is 1.31. The van der Waals surface area contributed by atoms with Gasteiger partial charge in [-0.15, -0.1) is 0 Å². The molecule has 3 nitrogen and oxygen atoms in total. The van der Waals surface area contributed by atoms with Gasteiger partial charge in [0.25, 0.3) is 0 Å². The molecule has 96 valence electrons. The Hall–Kier alpha value is -1.26. The van der Waals surface area contributed by atoms with Gasteiger partial charge in [0.15, 0.2) is 5.12 Å². The van der Waals surface area contributed by atoms with Gasteiger partial charge < -0.3 is 4.74 Å². The molecule has 0 aliphatic heterocycles. The van der Waals surface area contributed by atoms with Gasteiger partial charge in [-0.05, 0) is 17.7 Å². The average Bonchev–Trinajstić information content (AvgIpc) is 2.35. The molecule has 0 radical (unpaired) electrons. The molecule has 0 atom stereocenters. The number of hydrogen-bond acceptors (Lipinski definition) is 4. The van der Waals surface area contributed by atoms with Crippen molar-refractivity contribution < 1.29 is 14.3 Å². The predicted octanol–water partition coefficient (Wildman–Crippen LogP) is 3.42. The van der Waals surface area contributed by atoms with Crippen LogP contribution in [-0.4, -0.2) is 23.9 Å². The van der Waals surface area contributed by atoms with Crippen LogP contribution >= 0.6 is 23.4 Å². The van der Waals surface area contributed by atoms with Crippen LogP contribution in [0.1, 0.15) is 22.8 Å². The first-order valence-electron chi connectivity index (χ1n) is 5.22. The highest BCUT2D eigenvalue weighted by molar-refractivity contribution is 8.13. The second-order valence-corrected chi connectivity index (χ2v) is 5.04. The highest BCUT2D eigenvalue weighted by atomic mass is 35.5. The molecule has 1 aromatic carbocycles. The van der Waals surface area contributed by atoms with Crippen LogP contribution in [0.2, 0.25) is 5.02 Å². The first kappa shape index (κ1) is 14.8. The lowest BCUT2D eigenvalue weighted by atomic mass is 10.1. The molecule has 18 heavy (non-hydrogen) atoms. The minimum Gasteiger partial charge on any atom is -0.465 e. The summed E-state index contributed by atoms with van der Waals surface area (Å²) in [4.78, 5) is 22.2. The third-order valence-corrected chi connectivity index (χ3v) is 3.18. The molecule has 0 aliphatic carbocycles. The maximum absolute atomic E-state index is 11.4. The van der Waals surface area contributed by atoms with Crippen molar-refractivity contribution in [2.45, 2.75) is 6.92 Å². The Morgan fingerprint density at radius 3 is 2.78 bits per heavy atom. The van der Waals surface area contributed by atoms with Crippen molar-refractivity contribution in [2.75, 3.05) is 12.9 Å². The summed E-state index contributed by atoms with van der Waals surface area (Å²) in [5, 5.41) is 0.433. The molecule has 0 aromatic heterocycles. The van der Waals surface area contributed by atoms with Crippen molar-refractivity contribution >= 4 is 40.5 Å². The highest BCUT2D eigenvalue weighted by Crippen LogP contribution is 2.19. The van der Waals surface area contributed by atoms with Gasteiger partial charge in [-0.3, -0.25) is 4.79 Å². The van der Waals surface area contributed by atoms with Crippen LogP contribution < -0.4 is 0 Å². The van der Waals surface area contributed by atoms with Crippen molar-refractivity contribution in [2.24, 2.45) is 0 Å². The molecule has 0 saturated carbocycles. The number of rotatable bonds is 4. The summed E-state index contributed by atoms with van der Waals surface area (Å²) in [5.74, 6) is 0.138. The number of benzene rings is 1. The second-order valence-electron chi connectivity index (χ2n) is 3.44. The molecule has 1 aromatic rings. The molecule has 5 heteroatoms. The summed E-state index contributed by atoms with van der Waals surface area (Å²) in [6, 6.07) is 5.10. The SMILES string of the molecule is COC(=O)c1cc(C=CCSC(C)=O)ccc1Cl. The molecule has 0 heterocycles. The molecule has 0 N–H and O–H groups in total. The van der Waals surface area contributed by atoms with Crippen LogP contribution in [0.3, 0.4) is 0 Å². The smallest absolute Gasteiger partial charge is 0.339 e. The summed E-state index contributed by atoms with van der Waals surface area (Å²) in [6.45, 7) is 1.52. The number of ether oxygens (including phenoxy) is 1. The Balaban J connectivity index is 2.79. The monoisotopic (exact) mass is 284 g/mol. The van der Waals surface area contributed by atoms with E-state index >= 15 is 0 Å². The first-order chi connectivity index (χ1) is 8.54. The summed E-state index contributed by atoms with van der Waals surface area (Å²) >= 11 is 7.12. The van der Waals surface area contributed by atoms with E-state index in [0.717, 1.165) is 5.56 Å². The van der Waals surface area contributed by atoms with Gasteiger partial charge >= 0.3 is 5.97 Å². The lowest BCUT2D eigenvalue weighted by Crippen LogP contribution is -2.02. The Kier molecular flexibility index (Phi) is 5.95. The zero-order valence-corrected chi connectivity index (χ0v) is 11.7. The largest absolute Gasteiger partial charge is 0.465 e. The standard InChI is InChI=1S/C13H13ClO3S/c1-9(15)18-7-3-4-10-5-6-12(14)11(8-10)13(16)17-2/h3-6,8H,7H2,1-2H3. The minimum absolute atomic E-state index is 0.0750. The Morgan fingerprint density at radius 1 is 1.44 bits per heavy atom. The maximum Gasteiger partial charge on any atom is 0.339 e. The molecular formula is C13H13ClO3S. The Labute approximate surface area is 115 Å². The van der Waals surface area contributed by atoms with Crippen LogP contribution in [0.25, 0.3) is 6.08 Å². The van der Waals surface area contributed by atoms with Gasteiger partial charge in [-0.25, -0.2) is 4.79 Å². The van der Waals surface area contributed by atoms with Gasteiger partial charge in [0.05, 0.1) is 17.7 Å². The molecule has 0 fully saturated rings. The summed E-state index contributed by atoms with van der Waals surface area (Å²) in [6.07, 6.45) is 3.69. The van der Waals surface area contributed by atoms with Crippen molar-refractivity contribution in [3.63, 3.8) is 0 Å². The minimum atomic E-state index is -0.464. The fourth-order valence-corrected chi connectivity index (χ4v) is 1.88. The molecular weight excluding hydrogens is 272 g/mol. The van der Waals surface area contributed by atoms with E-state index in [4.69, 9.17) is 11.6 Å². The van der Waals surface area contributed by atoms with E-state index in [0.29, 0.717) is 16.3 Å². The van der Waals surface area contributed by atoms with Gasteiger partial charge in [0, 0.05) is 12.7 Å². The number of thioether (sulfide) groups is 1. The van der Waals surface area contributed by atoms with Crippen molar-refractivity contribution in [1.82, 2.24) is 0 Å². The van der Waals surface area contributed by atoms with E-state index in [-0.39, 0.29) is 5.12 Å². The van der Waals surface area contributed by atoms with Gasteiger partial charge in [-0.1, -0.05) is 41.6 Å². The van der Waals surface area contributed by atoms with Gasteiger partial charge in [0.2, 0.25) is 0 Å². The Bertz CT molecular complexity index is 483. The van der Waals surface area contributed by atoms with Gasteiger partial charge in [-0.2, -0.15) is 0 Å². The van der Waals surface area contributed by atoms with Crippen LogP contribution in [0.4, 0.5) is 0 Å². The maximum atomic E-state index is 11.4. The van der Waals surface area contributed by atoms with E-state index < -0.39 is 5.97 Å². The fourth-order valence-electron chi connectivity index (χ4n) is 1.26. The van der Waals surface area contributed by atoms with Crippen LogP contribution in [0.15, 0.2) is 24.3 Å². The lowest BCUT2D eigenvalue weighted by Gasteiger charge is -2.03. The normalized spacial score (nSPS) is 10.6. The topological polar surface area (TPSA) is 43.4 Å². The van der Waals surface area contributed by atoms with Crippen LogP contribution in [0.5, 0.6) is 0 Å². The first-order valence-corrected chi connectivity index (χ1v) is 6.58. The predicted molar refractivity (Wildman–Crippen MR) is 75.0 cm³/mol. The molecule has 0 amide bonds. The quantitative estimate of drug-likeness (QED) is 0.795. The number of esters is 1. The fraction of sp³-hybridized carbons (Fsp3) is 0.231. The number of carbonyl (C=O) groups is 2.